The molecule has 0 atom stereocenters. The van der Waals surface area contributed by atoms with Gasteiger partial charge in [-0.2, -0.15) is 0 Å². The van der Waals surface area contributed by atoms with Gasteiger partial charge in [0.2, 0.25) is 0 Å². The summed E-state index contributed by atoms with van der Waals surface area (Å²) in [6.07, 6.45) is 0.455. The highest BCUT2D eigenvalue weighted by molar-refractivity contribution is 6.14. The monoisotopic (exact) mass is 306 g/mol. The number of benzene rings is 1. The van der Waals surface area contributed by atoms with Crippen molar-refractivity contribution in [3.63, 3.8) is 0 Å². The Morgan fingerprint density at radius 2 is 1.45 bits per heavy atom. The van der Waals surface area contributed by atoms with Crippen LogP contribution in [-0.4, -0.2) is 32.3 Å². The van der Waals surface area contributed by atoms with E-state index in [2.05, 4.69) is 0 Å². The summed E-state index contributed by atoms with van der Waals surface area (Å²) in [5.74, 6) is -0.541. The summed E-state index contributed by atoms with van der Waals surface area (Å²) >= 11 is 0. The summed E-state index contributed by atoms with van der Waals surface area (Å²) in [7, 11) is 1.60. The van der Waals surface area contributed by atoms with E-state index < -0.39 is 11.9 Å². The lowest BCUT2D eigenvalue weighted by molar-refractivity contribution is -0.146. The van der Waals surface area contributed by atoms with E-state index in [-0.39, 0.29) is 18.8 Å². The predicted octanol–water partition coefficient (Wildman–Crippen LogP) is 2.68. The molecule has 5 nitrogen and oxygen atoms in total. The van der Waals surface area contributed by atoms with Gasteiger partial charge in [0.1, 0.15) is 11.3 Å². The summed E-state index contributed by atoms with van der Waals surface area (Å²) in [5, 5.41) is 0. The first-order valence-electron chi connectivity index (χ1n) is 7.20. The molecule has 0 N–H and O–H groups in total. The van der Waals surface area contributed by atoms with Gasteiger partial charge in [0.05, 0.1) is 20.3 Å². The predicted molar refractivity (Wildman–Crippen MR) is 82.7 cm³/mol. The Labute approximate surface area is 130 Å². The van der Waals surface area contributed by atoms with Crippen LogP contribution in [0.5, 0.6) is 5.75 Å². The molecule has 22 heavy (non-hydrogen) atoms. The van der Waals surface area contributed by atoms with E-state index in [1.54, 1.807) is 27.9 Å². The normalized spacial score (nSPS) is 9.82. The van der Waals surface area contributed by atoms with E-state index in [0.29, 0.717) is 12.0 Å². The third-order valence-corrected chi connectivity index (χ3v) is 3.01. The Bertz CT molecular complexity index is 523. The molecule has 1 aromatic rings. The highest BCUT2D eigenvalue weighted by atomic mass is 16.6. The van der Waals surface area contributed by atoms with E-state index in [9.17, 15) is 9.59 Å². The Balaban J connectivity index is 3.03. The second-order valence-electron chi connectivity index (χ2n) is 4.62. The molecule has 0 saturated carbocycles. The summed E-state index contributed by atoms with van der Waals surface area (Å²) in [5.41, 5.74) is 1.55. The number of methoxy groups -OCH3 is 1. The molecule has 0 saturated heterocycles. The van der Waals surface area contributed by atoms with Crippen LogP contribution in [0, 0.1) is 0 Å². The van der Waals surface area contributed by atoms with Crippen molar-refractivity contribution < 1.29 is 23.8 Å². The molecule has 120 valence electrons. The minimum atomic E-state index is -0.646. The zero-order valence-electron chi connectivity index (χ0n) is 13.5. The van der Waals surface area contributed by atoms with Crippen LogP contribution in [0.15, 0.2) is 35.4 Å². The van der Waals surface area contributed by atoms with Crippen LogP contribution in [-0.2, 0) is 25.5 Å². The molecule has 0 aliphatic carbocycles. The molecule has 5 heteroatoms. The van der Waals surface area contributed by atoms with Gasteiger partial charge in [-0.1, -0.05) is 12.1 Å². The van der Waals surface area contributed by atoms with E-state index in [4.69, 9.17) is 14.2 Å². The highest BCUT2D eigenvalue weighted by Gasteiger charge is 2.23. The summed E-state index contributed by atoms with van der Waals surface area (Å²) in [6.45, 7) is 5.53. The highest BCUT2D eigenvalue weighted by Crippen LogP contribution is 2.18. The van der Waals surface area contributed by atoms with Crippen molar-refractivity contribution in [3.8, 4) is 5.75 Å². The molecule has 0 bridgehead atoms. The molecular formula is C17H22O5. The van der Waals surface area contributed by atoms with Crippen molar-refractivity contribution in [2.24, 2.45) is 0 Å². The Morgan fingerprint density at radius 1 is 0.955 bits per heavy atom. The van der Waals surface area contributed by atoms with Gasteiger partial charge in [-0.15, -0.1) is 0 Å². The number of carbonyl (C=O) groups excluding carboxylic acids is 2. The van der Waals surface area contributed by atoms with Crippen molar-refractivity contribution in [1.82, 2.24) is 0 Å². The average Bonchev–Trinajstić information content (AvgIpc) is 2.48. The molecule has 0 radical (unpaired) electrons. The van der Waals surface area contributed by atoms with Gasteiger partial charge in [0, 0.05) is 0 Å². The molecule has 0 aromatic heterocycles. The lowest BCUT2D eigenvalue weighted by Gasteiger charge is -2.11. The molecule has 0 fully saturated rings. The summed E-state index contributed by atoms with van der Waals surface area (Å²) in [4.78, 5) is 24.0. The number of hydrogen-bond donors (Lipinski definition) is 0. The summed E-state index contributed by atoms with van der Waals surface area (Å²) < 4.78 is 15.0. The largest absolute Gasteiger partial charge is 0.497 e. The van der Waals surface area contributed by atoms with Crippen LogP contribution < -0.4 is 4.74 Å². The Kier molecular flexibility index (Phi) is 7.16. The first kappa shape index (κ1) is 17.8. The van der Waals surface area contributed by atoms with Gasteiger partial charge >= 0.3 is 11.9 Å². The second-order valence-corrected chi connectivity index (χ2v) is 4.62. The zero-order chi connectivity index (χ0) is 16.5. The van der Waals surface area contributed by atoms with Gasteiger partial charge in [0.15, 0.2) is 0 Å². The van der Waals surface area contributed by atoms with Crippen LogP contribution in [0.1, 0.15) is 26.3 Å². The first-order valence-corrected chi connectivity index (χ1v) is 7.20. The number of esters is 2. The number of allylic oxidation sites excluding steroid dienone is 1. The van der Waals surface area contributed by atoms with Crippen molar-refractivity contribution in [2.75, 3.05) is 20.3 Å². The van der Waals surface area contributed by atoms with Gasteiger partial charge in [-0.05, 0) is 50.5 Å². The molecule has 1 aromatic carbocycles. The van der Waals surface area contributed by atoms with Crippen LogP contribution >= 0.6 is 0 Å². The van der Waals surface area contributed by atoms with E-state index in [1.807, 2.05) is 24.3 Å². The van der Waals surface area contributed by atoms with Crippen molar-refractivity contribution in [1.29, 1.82) is 0 Å². The third kappa shape index (κ3) is 4.91. The maximum atomic E-state index is 12.0. The van der Waals surface area contributed by atoms with Gasteiger partial charge in [0.25, 0.3) is 0 Å². The third-order valence-electron chi connectivity index (χ3n) is 3.01. The number of ether oxygens (including phenoxy) is 3. The molecule has 0 heterocycles. The molecule has 1 rings (SSSR count). The smallest absolute Gasteiger partial charge is 0.345 e. The fourth-order valence-electron chi connectivity index (χ4n) is 1.98. The Hall–Kier alpha value is -2.30. The molecule has 0 aliphatic heterocycles. The maximum absolute atomic E-state index is 12.0. The van der Waals surface area contributed by atoms with Crippen LogP contribution in [0.4, 0.5) is 0 Å². The van der Waals surface area contributed by atoms with Crippen molar-refractivity contribution >= 4 is 11.9 Å². The van der Waals surface area contributed by atoms with Crippen LogP contribution in [0.2, 0.25) is 0 Å². The van der Waals surface area contributed by atoms with Crippen LogP contribution in [0.3, 0.4) is 0 Å². The molecule has 0 amide bonds. The van der Waals surface area contributed by atoms with Gasteiger partial charge in [-0.25, -0.2) is 9.59 Å². The number of carbonyl (C=O) groups is 2. The van der Waals surface area contributed by atoms with Crippen LogP contribution in [0.25, 0.3) is 0 Å². The Morgan fingerprint density at radius 3 is 1.86 bits per heavy atom. The lowest BCUT2D eigenvalue weighted by atomic mass is 10.0. The first-order chi connectivity index (χ1) is 10.5. The van der Waals surface area contributed by atoms with Crippen molar-refractivity contribution in [2.45, 2.75) is 27.2 Å². The fourth-order valence-corrected chi connectivity index (χ4v) is 1.98. The zero-order valence-corrected chi connectivity index (χ0v) is 13.5. The van der Waals surface area contributed by atoms with Crippen molar-refractivity contribution in [3.05, 3.63) is 41.0 Å². The molecule has 0 spiro atoms. The standard InChI is InChI=1S/C17H22O5/c1-5-21-16(18)15(17(19)22-6-2)12(3)11-13-7-9-14(20-4)10-8-13/h7-10H,5-6,11H2,1-4H3. The minimum absolute atomic E-state index is 0.0282. The fraction of sp³-hybridized carbons (Fsp3) is 0.412. The average molecular weight is 306 g/mol. The lowest BCUT2D eigenvalue weighted by Crippen LogP contribution is -2.20. The quantitative estimate of drug-likeness (QED) is 0.335. The van der Waals surface area contributed by atoms with E-state index in [1.165, 1.54) is 0 Å². The molecule has 0 unspecified atom stereocenters. The molecular weight excluding hydrogens is 284 g/mol. The summed E-state index contributed by atoms with van der Waals surface area (Å²) in [6, 6.07) is 7.43. The maximum Gasteiger partial charge on any atom is 0.345 e. The SMILES string of the molecule is CCOC(=O)C(C(=O)OCC)=C(C)Cc1ccc(OC)cc1. The van der Waals surface area contributed by atoms with Gasteiger partial charge in [-0.3, -0.25) is 0 Å². The second kappa shape index (κ2) is 8.87. The van der Waals surface area contributed by atoms with E-state index in [0.717, 1.165) is 11.3 Å². The number of rotatable bonds is 7. The topological polar surface area (TPSA) is 61.8 Å². The molecule has 0 aliphatic rings. The number of hydrogen-bond acceptors (Lipinski definition) is 5. The van der Waals surface area contributed by atoms with Gasteiger partial charge < -0.3 is 14.2 Å². The van der Waals surface area contributed by atoms with E-state index >= 15 is 0 Å². The minimum Gasteiger partial charge on any atom is -0.497 e.